The molecule has 0 atom stereocenters. The molecule has 0 radical (unpaired) electrons. The van der Waals surface area contributed by atoms with Crippen molar-refractivity contribution in [3.8, 4) is 28.8 Å². The molecular formula is C29H25F3N6O5. The molecule has 5 rings (SSSR count). The second-order valence-electron chi connectivity index (χ2n) is 8.91. The summed E-state index contributed by atoms with van der Waals surface area (Å²) in [5.41, 5.74) is 0.0391. The van der Waals surface area contributed by atoms with Gasteiger partial charge >= 0.3 is 12.2 Å². The number of amides is 2. The van der Waals surface area contributed by atoms with Gasteiger partial charge in [-0.3, -0.25) is 5.32 Å². The first-order chi connectivity index (χ1) is 20.7. The molecule has 0 saturated carbocycles. The molecule has 43 heavy (non-hydrogen) atoms. The number of carbonyl (C=O) groups excluding carboxylic acids is 1. The lowest BCUT2D eigenvalue weighted by Crippen LogP contribution is -2.21. The molecule has 0 bridgehead atoms. The van der Waals surface area contributed by atoms with Crippen LogP contribution in [0, 0.1) is 0 Å². The Labute approximate surface area is 243 Å². The Morgan fingerprint density at radius 2 is 1.72 bits per heavy atom. The Kier molecular flexibility index (Phi) is 8.57. The molecule has 0 aliphatic rings. The second-order valence-corrected chi connectivity index (χ2v) is 8.91. The van der Waals surface area contributed by atoms with E-state index in [1.807, 2.05) is 0 Å². The van der Waals surface area contributed by atoms with Crippen LogP contribution in [0.15, 0.2) is 79.1 Å². The molecule has 14 heteroatoms. The van der Waals surface area contributed by atoms with Crippen molar-refractivity contribution in [3.63, 3.8) is 0 Å². The van der Waals surface area contributed by atoms with E-state index >= 15 is 0 Å². The molecule has 0 unspecified atom stereocenters. The van der Waals surface area contributed by atoms with Gasteiger partial charge in [-0.05, 0) is 30.3 Å². The predicted molar refractivity (Wildman–Crippen MR) is 151 cm³/mol. The molecule has 3 aromatic carbocycles. The van der Waals surface area contributed by atoms with Crippen LogP contribution in [0.2, 0.25) is 0 Å². The molecule has 2 amide bonds. The van der Waals surface area contributed by atoms with Gasteiger partial charge in [0.1, 0.15) is 24.5 Å². The highest BCUT2D eigenvalue weighted by molar-refractivity contribution is 5.99. The summed E-state index contributed by atoms with van der Waals surface area (Å²) in [5.74, 6) is 1.30. The summed E-state index contributed by atoms with van der Waals surface area (Å²) >= 11 is 0. The Morgan fingerprint density at radius 1 is 0.907 bits per heavy atom. The number of nitrogens with zero attached hydrogens (tertiary/aromatic N) is 4. The Hall–Kier alpha value is -5.37. The number of ether oxygens (including phenoxy) is 4. The van der Waals surface area contributed by atoms with E-state index in [1.54, 1.807) is 67.8 Å². The summed E-state index contributed by atoms with van der Waals surface area (Å²) in [6.45, 7) is 0.714. The van der Waals surface area contributed by atoms with E-state index in [1.165, 1.54) is 19.5 Å². The molecule has 0 aliphatic carbocycles. The van der Waals surface area contributed by atoms with Gasteiger partial charge in [-0.25, -0.2) is 19.4 Å². The fourth-order valence-electron chi connectivity index (χ4n) is 4.03. The molecular weight excluding hydrogens is 569 g/mol. The van der Waals surface area contributed by atoms with E-state index < -0.39 is 17.9 Å². The second kappa shape index (κ2) is 12.7. The Morgan fingerprint density at radius 3 is 2.47 bits per heavy atom. The van der Waals surface area contributed by atoms with Crippen molar-refractivity contribution in [3.05, 3.63) is 84.8 Å². The molecule has 0 spiro atoms. The number of anilines is 2. The molecule has 2 N–H and O–H groups in total. The SMILES string of the molecule is COCCOc1cc2ncnc(Oc3cccc(NC(=O)Nc4cc(C(F)(F)F)nn4-c4ccccc4)c3)c2cc1OC. The number of urea groups is 1. The molecule has 11 nitrogen and oxygen atoms in total. The van der Waals surface area contributed by atoms with Crippen molar-refractivity contribution in [1.82, 2.24) is 19.7 Å². The van der Waals surface area contributed by atoms with E-state index in [9.17, 15) is 18.0 Å². The van der Waals surface area contributed by atoms with Crippen LogP contribution >= 0.6 is 0 Å². The third-order valence-electron chi connectivity index (χ3n) is 5.98. The van der Waals surface area contributed by atoms with Crippen LogP contribution in [0.4, 0.5) is 29.5 Å². The van der Waals surface area contributed by atoms with Crippen LogP contribution in [-0.2, 0) is 10.9 Å². The zero-order chi connectivity index (χ0) is 30.4. The number of fused-ring (bicyclic) bond motifs is 1. The molecule has 2 heterocycles. The molecule has 5 aromatic rings. The first kappa shape index (κ1) is 29.1. The fraction of sp³-hybridized carbons (Fsp3) is 0.172. The van der Waals surface area contributed by atoms with Crippen molar-refractivity contribution >= 4 is 28.4 Å². The number of aromatic nitrogens is 4. The highest BCUT2D eigenvalue weighted by Crippen LogP contribution is 2.36. The van der Waals surface area contributed by atoms with Crippen LogP contribution in [0.3, 0.4) is 0 Å². The lowest BCUT2D eigenvalue weighted by Gasteiger charge is -2.14. The largest absolute Gasteiger partial charge is 0.493 e. The van der Waals surface area contributed by atoms with Gasteiger partial charge < -0.3 is 24.3 Å². The highest BCUT2D eigenvalue weighted by Gasteiger charge is 2.35. The van der Waals surface area contributed by atoms with Gasteiger partial charge in [0.2, 0.25) is 5.88 Å². The summed E-state index contributed by atoms with van der Waals surface area (Å²) < 4.78 is 63.4. The molecule has 2 aromatic heterocycles. The van der Waals surface area contributed by atoms with Gasteiger partial charge in [0.05, 0.1) is 30.3 Å². The minimum atomic E-state index is -4.70. The molecule has 0 saturated heterocycles. The van der Waals surface area contributed by atoms with Crippen molar-refractivity contribution in [1.29, 1.82) is 0 Å². The van der Waals surface area contributed by atoms with Crippen LogP contribution in [0.25, 0.3) is 16.6 Å². The first-order valence-corrected chi connectivity index (χ1v) is 12.8. The smallest absolute Gasteiger partial charge is 0.435 e. The quantitative estimate of drug-likeness (QED) is 0.181. The number of nitrogens with one attached hydrogen (secondary N) is 2. The number of benzene rings is 3. The van der Waals surface area contributed by atoms with Gasteiger partial charge in [0.15, 0.2) is 17.2 Å². The van der Waals surface area contributed by atoms with E-state index in [4.69, 9.17) is 18.9 Å². The van der Waals surface area contributed by atoms with E-state index in [-0.39, 0.29) is 11.7 Å². The number of hydrogen-bond donors (Lipinski definition) is 2. The maximum absolute atomic E-state index is 13.4. The summed E-state index contributed by atoms with van der Waals surface area (Å²) in [6.07, 6.45) is -3.36. The summed E-state index contributed by atoms with van der Waals surface area (Å²) in [4.78, 5) is 21.4. The Bertz CT molecular complexity index is 1730. The number of para-hydroxylation sites is 1. The highest BCUT2D eigenvalue weighted by atomic mass is 19.4. The number of carbonyl (C=O) groups is 1. The van der Waals surface area contributed by atoms with E-state index in [0.29, 0.717) is 52.7 Å². The third-order valence-corrected chi connectivity index (χ3v) is 5.98. The van der Waals surface area contributed by atoms with Crippen molar-refractivity contribution < 1.29 is 36.9 Å². The molecule has 222 valence electrons. The normalized spacial score (nSPS) is 11.3. The lowest BCUT2D eigenvalue weighted by atomic mass is 10.2. The van der Waals surface area contributed by atoms with Crippen LogP contribution < -0.4 is 24.8 Å². The van der Waals surface area contributed by atoms with E-state index in [2.05, 4.69) is 25.7 Å². The summed E-state index contributed by atoms with van der Waals surface area (Å²) in [5, 5.41) is 9.21. The monoisotopic (exact) mass is 594 g/mol. The maximum atomic E-state index is 13.4. The standard InChI is InChI=1S/C29H25F3N6O5/c1-40-11-12-42-24-15-22-21(14-23(24)41-2)27(34-17-33-22)43-20-10-6-7-18(13-20)35-28(39)36-26-16-25(29(30,31)32)37-38(26)19-8-4-3-5-9-19/h3-10,13-17H,11-12H2,1-2H3,(H2,35,36,39). The number of halogens is 3. The average Bonchev–Trinajstić information content (AvgIpc) is 3.42. The topological polar surface area (TPSA) is 122 Å². The van der Waals surface area contributed by atoms with Crippen LogP contribution in [0.5, 0.6) is 23.1 Å². The Balaban J connectivity index is 1.34. The predicted octanol–water partition coefficient (Wildman–Crippen LogP) is 6.30. The van der Waals surface area contributed by atoms with Gasteiger partial charge in [0.25, 0.3) is 0 Å². The third kappa shape index (κ3) is 6.93. The zero-order valence-electron chi connectivity index (χ0n) is 22.9. The first-order valence-electron chi connectivity index (χ1n) is 12.8. The number of alkyl halides is 3. The lowest BCUT2D eigenvalue weighted by molar-refractivity contribution is -0.141. The minimum absolute atomic E-state index is 0.171. The van der Waals surface area contributed by atoms with Crippen molar-refractivity contribution in [2.24, 2.45) is 0 Å². The van der Waals surface area contributed by atoms with E-state index in [0.717, 1.165) is 10.7 Å². The van der Waals surface area contributed by atoms with Gasteiger partial charge in [-0.15, -0.1) is 0 Å². The van der Waals surface area contributed by atoms with Gasteiger partial charge in [-0.1, -0.05) is 24.3 Å². The zero-order valence-corrected chi connectivity index (χ0v) is 22.9. The summed E-state index contributed by atoms with van der Waals surface area (Å²) in [6, 6.07) is 17.9. The fourth-order valence-corrected chi connectivity index (χ4v) is 4.03. The minimum Gasteiger partial charge on any atom is -0.493 e. The van der Waals surface area contributed by atoms with Crippen molar-refractivity contribution in [2.75, 3.05) is 38.1 Å². The molecule has 0 aliphatic heterocycles. The van der Waals surface area contributed by atoms with Crippen LogP contribution in [0.1, 0.15) is 5.69 Å². The van der Waals surface area contributed by atoms with Crippen LogP contribution in [-0.4, -0.2) is 53.2 Å². The van der Waals surface area contributed by atoms with Gasteiger partial charge in [0, 0.05) is 31.0 Å². The maximum Gasteiger partial charge on any atom is 0.435 e. The van der Waals surface area contributed by atoms with Crippen molar-refractivity contribution in [2.45, 2.75) is 6.18 Å². The number of methoxy groups -OCH3 is 2. The number of hydrogen-bond acceptors (Lipinski definition) is 8. The molecule has 0 fully saturated rings. The van der Waals surface area contributed by atoms with Gasteiger partial charge in [-0.2, -0.15) is 18.3 Å². The average molecular weight is 595 g/mol. The summed E-state index contributed by atoms with van der Waals surface area (Å²) in [7, 11) is 3.08. The number of rotatable bonds is 10.